The summed E-state index contributed by atoms with van der Waals surface area (Å²) in [6.45, 7) is 3.47. The SMILES string of the molecule is C[C@H](Cc1ccc2c(c1)OC(C(=O)OCC=CCOCc1ccccc1)(C(=O)OCC=CCOCc1ccccc1)O2)NC[C@H](O)c1cccc(Cl)c1. The summed E-state index contributed by atoms with van der Waals surface area (Å²) >= 11 is 6.07. The maximum atomic E-state index is 13.5. The highest BCUT2D eigenvalue weighted by molar-refractivity contribution is 6.30. The number of rotatable bonds is 20. The van der Waals surface area contributed by atoms with E-state index in [-0.39, 0.29) is 30.8 Å². The molecule has 4 aromatic carbocycles. The molecule has 0 unspecified atom stereocenters. The average molecular weight is 742 g/mol. The summed E-state index contributed by atoms with van der Waals surface area (Å²) in [7, 11) is 0. The van der Waals surface area contributed by atoms with Crippen molar-refractivity contribution in [3.8, 4) is 11.5 Å². The molecule has 10 nitrogen and oxygen atoms in total. The molecule has 4 aromatic rings. The molecule has 0 saturated carbocycles. The van der Waals surface area contributed by atoms with Crippen LogP contribution in [0.5, 0.6) is 11.5 Å². The fourth-order valence-electron chi connectivity index (χ4n) is 5.34. The van der Waals surface area contributed by atoms with E-state index in [4.69, 9.17) is 40.0 Å². The van der Waals surface area contributed by atoms with Crippen molar-refractivity contribution in [1.82, 2.24) is 5.32 Å². The third kappa shape index (κ3) is 12.0. The zero-order chi connectivity index (χ0) is 37.3. The number of aliphatic hydroxyl groups excluding tert-OH is 1. The molecule has 0 spiro atoms. The first-order valence-electron chi connectivity index (χ1n) is 17.4. The minimum atomic E-state index is -2.50. The summed E-state index contributed by atoms with van der Waals surface area (Å²) in [6, 6.07) is 31.7. The summed E-state index contributed by atoms with van der Waals surface area (Å²) in [6.07, 6.45) is 6.46. The average Bonchev–Trinajstić information content (AvgIpc) is 3.57. The lowest BCUT2D eigenvalue weighted by Crippen LogP contribution is -2.56. The van der Waals surface area contributed by atoms with E-state index in [0.29, 0.717) is 50.0 Å². The molecule has 0 saturated heterocycles. The Labute approximate surface area is 314 Å². The minimum Gasteiger partial charge on any atom is -0.455 e. The number of ether oxygens (including phenoxy) is 6. The van der Waals surface area contributed by atoms with Crippen LogP contribution in [0.4, 0.5) is 0 Å². The summed E-state index contributed by atoms with van der Waals surface area (Å²) in [5.74, 6) is -4.24. The van der Waals surface area contributed by atoms with Crippen molar-refractivity contribution in [3.63, 3.8) is 0 Å². The minimum absolute atomic E-state index is 0.0455. The number of hydrogen-bond donors (Lipinski definition) is 2. The van der Waals surface area contributed by atoms with Gasteiger partial charge in [0.1, 0.15) is 13.2 Å². The molecule has 2 atom stereocenters. The van der Waals surface area contributed by atoms with Gasteiger partial charge in [0.05, 0.1) is 32.5 Å². The lowest BCUT2D eigenvalue weighted by molar-refractivity contribution is -0.201. The van der Waals surface area contributed by atoms with Crippen molar-refractivity contribution in [1.29, 1.82) is 0 Å². The first-order valence-corrected chi connectivity index (χ1v) is 17.8. The van der Waals surface area contributed by atoms with Crippen molar-refractivity contribution in [3.05, 3.63) is 155 Å². The molecule has 0 bridgehead atoms. The maximum absolute atomic E-state index is 13.5. The van der Waals surface area contributed by atoms with Gasteiger partial charge in [-0.1, -0.05) is 103 Å². The van der Waals surface area contributed by atoms with Gasteiger partial charge in [-0.05, 0) is 72.0 Å². The van der Waals surface area contributed by atoms with Gasteiger partial charge >= 0.3 is 17.7 Å². The Balaban J connectivity index is 1.16. The first-order chi connectivity index (χ1) is 25.8. The van der Waals surface area contributed by atoms with Crippen LogP contribution >= 0.6 is 11.6 Å². The van der Waals surface area contributed by atoms with Gasteiger partial charge in [0.15, 0.2) is 11.5 Å². The van der Waals surface area contributed by atoms with Gasteiger partial charge in [-0.2, -0.15) is 0 Å². The number of fused-ring (bicyclic) bond motifs is 1. The number of nitrogens with one attached hydrogen (secondary N) is 1. The molecule has 0 fully saturated rings. The van der Waals surface area contributed by atoms with E-state index in [9.17, 15) is 14.7 Å². The molecule has 5 rings (SSSR count). The van der Waals surface area contributed by atoms with Gasteiger partial charge in [0.2, 0.25) is 0 Å². The Kier molecular flexibility index (Phi) is 15.0. The summed E-state index contributed by atoms with van der Waals surface area (Å²) in [5.41, 5.74) is 3.64. The third-order valence-corrected chi connectivity index (χ3v) is 8.33. The van der Waals surface area contributed by atoms with Crippen molar-refractivity contribution in [2.24, 2.45) is 0 Å². The van der Waals surface area contributed by atoms with E-state index in [1.165, 1.54) is 0 Å². The second-order valence-corrected chi connectivity index (χ2v) is 12.8. The van der Waals surface area contributed by atoms with Crippen LogP contribution in [0.25, 0.3) is 0 Å². The highest BCUT2D eigenvalue weighted by atomic mass is 35.5. The van der Waals surface area contributed by atoms with E-state index >= 15 is 0 Å². The number of carbonyl (C=O) groups excluding carboxylic acids is 2. The number of esters is 2. The van der Waals surface area contributed by atoms with Crippen molar-refractivity contribution in [2.75, 3.05) is 33.0 Å². The zero-order valence-electron chi connectivity index (χ0n) is 29.5. The molecule has 1 aliphatic rings. The zero-order valence-corrected chi connectivity index (χ0v) is 30.3. The fraction of sp³-hybridized carbons (Fsp3) is 0.286. The molecule has 0 amide bonds. The van der Waals surface area contributed by atoms with Gasteiger partial charge in [-0.15, -0.1) is 0 Å². The van der Waals surface area contributed by atoms with E-state index in [1.54, 1.807) is 54.6 Å². The van der Waals surface area contributed by atoms with E-state index in [0.717, 1.165) is 16.7 Å². The van der Waals surface area contributed by atoms with E-state index < -0.39 is 23.8 Å². The smallest absolute Gasteiger partial charge is 0.453 e. The Hall–Kier alpha value is -4.97. The molecule has 278 valence electrons. The number of benzene rings is 4. The number of hydrogen-bond acceptors (Lipinski definition) is 10. The number of carbonyl (C=O) groups is 2. The molecule has 0 radical (unpaired) electrons. The molecule has 1 aliphatic heterocycles. The molecular weight excluding hydrogens is 698 g/mol. The van der Waals surface area contributed by atoms with Crippen LogP contribution in [-0.4, -0.2) is 61.8 Å². The summed E-state index contributed by atoms with van der Waals surface area (Å²) in [4.78, 5) is 27.0. The van der Waals surface area contributed by atoms with E-state index in [1.807, 2.05) is 79.7 Å². The second kappa shape index (κ2) is 20.3. The van der Waals surface area contributed by atoms with Crippen LogP contribution in [0.2, 0.25) is 5.02 Å². The lowest BCUT2D eigenvalue weighted by atomic mass is 10.1. The van der Waals surface area contributed by atoms with Crippen LogP contribution in [0.1, 0.15) is 35.3 Å². The number of halogens is 1. The Morgan fingerprint density at radius 2 is 1.28 bits per heavy atom. The van der Waals surface area contributed by atoms with Gasteiger partial charge < -0.3 is 38.8 Å². The van der Waals surface area contributed by atoms with Crippen LogP contribution in [-0.2, 0) is 48.2 Å². The predicted molar refractivity (Wildman–Crippen MR) is 200 cm³/mol. The predicted octanol–water partition coefficient (Wildman–Crippen LogP) is 6.69. The molecule has 53 heavy (non-hydrogen) atoms. The molecule has 2 N–H and O–H groups in total. The topological polar surface area (TPSA) is 122 Å². The normalized spacial score (nSPS) is 16.1. The molecule has 0 aromatic heterocycles. The van der Waals surface area contributed by atoms with Crippen LogP contribution in [0.3, 0.4) is 0 Å². The summed E-state index contributed by atoms with van der Waals surface area (Å²) < 4.78 is 34.0. The van der Waals surface area contributed by atoms with Crippen molar-refractivity contribution < 1.29 is 43.1 Å². The van der Waals surface area contributed by atoms with Crippen LogP contribution in [0, 0.1) is 0 Å². The van der Waals surface area contributed by atoms with Gasteiger partial charge in [0, 0.05) is 17.6 Å². The maximum Gasteiger partial charge on any atom is 0.453 e. The Bertz CT molecular complexity index is 1740. The van der Waals surface area contributed by atoms with Gasteiger partial charge in [-0.3, -0.25) is 0 Å². The summed E-state index contributed by atoms with van der Waals surface area (Å²) in [5, 5.41) is 14.5. The van der Waals surface area contributed by atoms with Crippen LogP contribution < -0.4 is 14.8 Å². The number of aliphatic hydroxyl groups is 1. The second-order valence-electron chi connectivity index (χ2n) is 12.3. The van der Waals surface area contributed by atoms with Crippen molar-refractivity contribution >= 4 is 23.5 Å². The largest absolute Gasteiger partial charge is 0.455 e. The quantitative estimate of drug-likeness (QED) is 0.0439. The third-order valence-electron chi connectivity index (χ3n) is 8.09. The molecule has 0 aliphatic carbocycles. The van der Waals surface area contributed by atoms with Crippen LogP contribution in [0.15, 0.2) is 127 Å². The van der Waals surface area contributed by atoms with E-state index in [2.05, 4.69) is 5.32 Å². The van der Waals surface area contributed by atoms with Crippen molar-refractivity contribution in [2.45, 2.75) is 44.5 Å². The first kappa shape index (κ1) is 39.2. The Morgan fingerprint density at radius 3 is 1.87 bits per heavy atom. The monoisotopic (exact) mass is 741 g/mol. The lowest BCUT2D eigenvalue weighted by Gasteiger charge is -2.22. The highest BCUT2D eigenvalue weighted by Crippen LogP contribution is 2.41. The molecule has 1 heterocycles. The Morgan fingerprint density at radius 1 is 0.717 bits per heavy atom. The highest BCUT2D eigenvalue weighted by Gasteiger charge is 2.59. The standard InChI is InChI=1S/C42H44ClNO9/c1-31(44-28-37(45)35-17-12-18-36(43)27-35)25-34-19-20-38-39(26-34)53-42(52-38,40(46)50-23-10-8-21-48-29-32-13-4-2-5-14-32)41(47)51-24-11-9-22-49-30-33-15-6-3-7-16-33/h2-20,26-27,31,37,44-45H,21-25,28-30H2,1H3/t31-,37+,42?/m1/s1. The van der Waals surface area contributed by atoms with Gasteiger partial charge in [-0.25, -0.2) is 9.59 Å². The fourth-order valence-corrected chi connectivity index (χ4v) is 5.54. The molecular formula is C42H44ClNO9. The molecule has 11 heteroatoms. The van der Waals surface area contributed by atoms with Gasteiger partial charge in [0.25, 0.3) is 0 Å².